The number of benzene rings is 1. The molecule has 0 atom stereocenters. The summed E-state index contributed by atoms with van der Waals surface area (Å²) in [6.07, 6.45) is 3.49. The van der Waals surface area contributed by atoms with Crippen molar-refractivity contribution in [1.29, 1.82) is 0 Å². The summed E-state index contributed by atoms with van der Waals surface area (Å²) in [4.78, 5) is 12.5. The number of aromatic nitrogens is 2. The van der Waals surface area contributed by atoms with E-state index in [2.05, 4.69) is 26.3 Å². The van der Waals surface area contributed by atoms with E-state index in [1.165, 1.54) is 14.2 Å². The zero-order chi connectivity index (χ0) is 18.7. The molecule has 0 spiro atoms. The minimum Gasteiger partial charge on any atom is -0.495 e. The van der Waals surface area contributed by atoms with Gasteiger partial charge in [0.25, 0.3) is 5.91 Å². The summed E-state index contributed by atoms with van der Waals surface area (Å²) in [7, 11) is 2.98. The van der Waals surface area contributed by atoms with Crippen LogP contribution in [0.3, 0.4) is 0 Å². The van der Waals surface area contributed by atoms with E-state index < -0.39 is 5.91 Å². The molecule has 1 amide bonds. The van der Waals surface area contributed by atoms with Gasteiger partial charge in [-0.25, -0.2) is 0 Å². The van der Waals surface area contributed by atoms with Crippen LogP contribution >= 0.6 is 27.5 Å². The number of carbonyl (C=O) groups is 1. The van der Waals surface area contributed by atoms with Gasteiger partial charge < -0.3 is 19.2 Å². The molecule has 7 nitrogen and oxygen atoms in total. The van der Waals surface area contributed by atoms with Gasteiger partial charge in [-0.05, 0) is 28.1 Å². The molecule has 0 radical (unpaired) electrons. The molecule has 3 rings (SSSR count). The Morgan fingerprint density at radius 3 is 2.73 bits per heavy atom. The molecular formula is C17H15BrClN3O4. The number of carbonyl (C=O) groups excluding carboxylic acids is 1. The van der Waals surface area contributed by atoms with Gasteiger partial charge in [0.15, 0.2) is 5.76 Å². The van der Waals surface area contributed by atoms with Gasteiger partial charge in [-0.2, -0.15) is 5.10 Å². The Bertz CT molecular complexity index is 938. The van der Waals surface area contributed by atoms with Crippen LogP contribution in [0.1, 0.15) is 16.3 Å². The predicted octanol–water partition coefficient (Wildman–Crippen LogP) is 4.21. The van der Waals surface area contributed by atoms with Crippen molar-refractivity contribution in [2.45, 2.75) is 6.54 Å². The second kappa shape index (κ2) is 7.84. The third-order valence-electron chi connectivity index (χ3n) is 3.53. The summed E-state index contributed by atoms with van der Waals surface area (Å²) in [5.41, 5.74) is 0.424. The molecule has 0 aliphatic heterocycles. The van der Waals surface area contributed by atoms with Crippen LogP contribution in [0.4, 0.5) is 5.69 Å². The second-order valence-electron chi connectivity index (χ2n) is 5.26. The van der Waals surface area contributed by atoms with Gasteiger partial charge in [-0.1, -0.05) is 11.6 Å². The smallest absolute Gasteiger partial charge is 0.291 e. The first kappa shape index (κ1) is 18.3. The monoisotopic (exact) mass is 439 g/mol. The lowest BCUT2D eigenvalue weighted by Crippen LogP contribution is -2.12. The minimum absolute atomic E-state index is 0.169. The molecule has 0 saturated carbocycles. The number of hydrogen-bond acceptors (Lipinski definition) is 5. The number of anilines is 1. The quantitative estimate of drug-likeness (QED) is 0.621. The van der Waals surface area contributed by atoms with Crippen molar-refractivity contribution >= 4 is 39.1 Å². The van der Waals surface area contributed by atoms with Crippen LogP contribution in [0, 0.1) is 0 Å². The number of halogens is 2. The highest BCUT2D eigenvalue weighted by Crippen LogP contribution is 2.36. The average Bonchev–Trinajstić information content (AvgIpc) is 3.25. The molecule has 1 N–H and O–H groups in total. The van der Waals surface area contributed by atoms with E-state index in [0.29, 0.717) is 34.5 Å². The molecule has 0 fully saturated rings. The van der Waals surface area contributed by atoms with E-state index in [0.717, 1.165) is 4.47 Å². The van der Waals surface area contributed by atoms with Crippen LogP contribution in [0.5, 0.6) is 11.5 Å². The Morgan fingerprint density at radius 2 is 2.08 bits per heavy atom. The third kappa shape index (κ3) is 4.03. The van der Waals surface area contributed by atoms with Gasteiger partial charge >= 0.3 is 0 Å². The fourth-order valence-corrected chi connectivity index (χ4v) is 2.87. The third-order valence-corrected chi connectivity index (χ3v) is 4.23. The summed E-state index contributed by atoms with van der Waals surface area (Å²) in [6.45, 7) is 0.414. The number of rotatable bonds is 6. The van der Waals surface area contributed by atoms with Crippen LogP contribution < -0.4 is 14.8 Å². The van der Waals surface area contributed by atoms with Gasteiger partial charge in [0.05, 0.1) is 42.1 Å². The predicted molar refractivity (Wildman–Crippen MR) is 100 cm³/mol. The fourth-order valence-electron chi connectivity index (χ4n) is 2.31. The Hall–Kier alpha value is -2.45. The molecule has 2 heterocycles. The van der Waals surface area contributed by atoms with Crippen molar-refractivity contribution in [1.82, 2.24) is 9.78 Å². The van der Waals surface area contributed by atoms with E-state index in [-0.39, 0.29) is 5.76 Å². The van der Waals surface area contributed by atoms with E-state index >= 15 is 0 Å². The van der Waals surface area contributed by atoms with Crippen LogP contribution in [-0.4, -0.2) is 29.9 Å². The first-order valence-electron chi connectivity index (χ1n) is 7.49. The van der Waals surface area contributed by atoms with Crippen molar-refractivity contribution in [2.24, 2.45) is 0 Å². The lowest BCUT2D eigenvalue weighted by atomic mass is 10.2. The summed E-state index contributed by atoms with van der Waals surface area (Å²) in [6, 6.07) is 6.48. The molecule has 0 bridgehead atoms. The first-order valence-corrected chi connectivity index (χ1v) is 8.66. The van der Waals surface area contributed by atoms with Crippen LogP contribution in [0.2, 0.25) is 5.02 Å². The number of furan rings is 1. The molecule has 3 aromatic rings. The van der Waals surface area contributed by atoms with Crippen LogP contribution in [0.15, 0.2) is 45.5 Å². The molecule has 0 aliphatic carbocycles. The Labute approximate surface area is 163 Å². The van der Waals surface area contributed by atoms with E-state index in [1.807, 2.05) is 6.20 Å². The van der Waals surface area contributed by atoms with E-state index in [9.17, 15) is 4.79 Å². The molecule has 0 aliphatic rings. The Morgan fingerprint density at radius 1 is 1.31 bits per heavy atom. The number of nitrogens with one attached hydrogen (secondary N) is 1. The zero-order valence-electron chi connectivity index (χ0n) is 14.0. The molecule has 1 aromatic carbocycles. The maximum absolute atomic E-state index is 12.5. The lowest BCUT2D eigenvalue weighted by Gasteiger charge is -2.12. The first-order chi connectivity index (χ1) is 12.5. The van der Waals surface area contributed by atoms with Crippen molar-refractivity contribution in [3.8, 4) is 11.5 Å². The van der Waals surface area contributed by atoms with Crippen LogP contribution in [-0.2, 0) is 6.54 Å². The molecular weight excluding hydrogens is 426 g/mol. The summed E-state index contributed by atoms with van der Waals surface area (Å²) < 4.78 is 18.6. The van der Waals surface area contributed by atoms with E-state index in [1.54, 1.807) is 35.1 Å². The Balaban J connectivity index is 1.76. The highest BCUT2D eigenvalue weighted by molar-refractivity contribution is 9.10. The molecule has 0 saturated heterocycles. The fraction of sp³-hybridized carbons (Fsp3) is 0.176. The Kier molecular flexibility index (Phi) is 5.53. The summed E-state index contributed by atoms with van der Waals surface area (Å²) >= 11 is 9.40. The molecule has 26 heavy (non-hydrogen) atoms. The van der Waals surface area contributed by atoms with Gasteiger partial charge in [0, 0.05) is 18.3 Å². The van der Waals surface area contributed by atoms with Crippen molar-refractivity contribution < 1.29 is 18.7 Å². The minimum atomic E-state index is -0.416. The SMILES string of the molecule is COc1cc(NC(=O)c2ccc(Cn3cc(Br)cn3)o2)c(OC)cc1Cl. The maximum Gasteiger partial charge on any atom is 0.291 e. The van der Waals surface area contributed by atoms with E-state index in [4.69, 9.17) is 25.5 Å². The zero-order valence-corrected chi connectivity index (χ0v) is 16.3. The number of ether oxygens (including phenoxy) is 2. The maximum atomic E-state index is 12.5. The summed E-state index contributed by atoms with van der Waals surface area (Å²) in [5.74, 6) is 1.19. The second-order valence-corrected chi connectivity index (χ2v) is 6.59. The van der Waals surface area contributed by atoms with Crippen LogP contribution in [0.25, 0.3) is 0 Å². The highest BCUT2D eigenvalue weighted by Gasteiger charge is 2.16. The van der Waals surface area contributed by atoms with Crippen molar-refractivity contribution in [3.05, 3.63) is 57.7 Å². The number of hydrogen-bond donors (Lipinski definition) is 1. The molecule has 136 valence electrons. The van der Waals surface area contributed by atoms with Gasteiger partial charge in [0.2, 0.25) is 0 Å². The molecule has 2 aromatic heterocycles. The topological polar surface area (TPSA) is 78.5 Å². The standard InChI is InChI=1S/C17H15BrClN3O4/c1-24-15-6-13(16(25-2)5-12(15)19)21-17(23)14-4-3-11(26-14)9-22-8-10(18)7-20-22/h3-8H,9H2,1-2H3,(H,21,23). The number of amides is 1. The van der Waals surface area contributed by atoms with Crippen molar-refractivity contribution in [3.63, 3.8) is 0 Å². The number of methoxy groups -OCH3 is 2. The van der Waals surface area contributed by atoms with Crippen molar-refractivity contribution in [2.75, 3.05) is 19.5 Å². The lowest BCUT2D eigenvalue weighted by molar-refractivity contribution is 0.0994. The highest BCUT2D eigenvalue weighted by atomic mass is 79.9. The van der Waals surface area contributed by atoms with Gasteiger partial charge in [0.1, 0.15) is 17.3 Å². The molecule has 9 heteroatoms. The normalized spacial score (nSPS) is 10.6. The average molecular weight is 441 g/mol. The van der Waals surface area contributed by atoms with Gasteiger partial charge in [-0.3, -0.25) is 9.48 Å². The van der Waals surface area contributed by atoms with Gasteiger partial charge in [-0.15, -0.1) is 0 Å². The molecule has 0 unspecified atom stereocenters. The number of nitrogens with zero attached hydrogens (tertiary/aromatic N) is 2. The largest absolute Gasteiger partial charge is 0.495 e. The summed E-state index contributed by atoms with van der Waals surface area (Å²) in [5, 5.41) is 7.27.